The van der Waals surface area contributed by atoms with E-state index in [9.17, 15) is 12.8 Å². The largest absolute Gasteiger partial charge is 0.240 e. The molecule has 0 aliphatic carbocycles. The standard InChI is InChI=1S/C14H11FN2O2S/c15-14-7-6-13(8-12(14)9-16)20(18,19)17-10-11-4-2-1-3-5-11/h1-8,17H,10H2. The van der Waals surface area contributed by atoms with Gasteiger partial charge in [-0.3, -0.25) is 0 Å². The Morgan fingerprint density at radius 2 is 1.85 bits per heavy atom. The van der Waals surface area contributed by atoms with Gasteiger partial charge >= 0.3 is 0 Å². The molecule has 2 aromatic rings. The van der Waals surface area contributed by atoms with Crippen molar-refractivity contribution < 1.29 is 12.8 Å². The van der Waals surface area contributed by atoms with E-state index >= 15 is 0 Å². The summed E-state index contributed by atoms with van der Waals surface area (Å²) >= 11 is 0. The SMILES string of the molecule is N#Cc1cc(S(=O)(=O)NCc2ccccc2)ccc1F. The van der Waals surface area contributed by atoms with Gasteiger partial charge in [0.1, 0.15) is 11.9 Å². The van der Waals surface area contributed by atoms with E-state index in [1.54, 1.807) is 30.3 Å². The van der Waals surface area contributed by atoms with Crippen LogP contribution in [0, 0.1) is 17.1 Å². The molecular weight excluding hydrogens is 279 g/mol. The quantitative estimate of drug-likeness (QED) is 0.938. The van der Waals surface area contributed by atoms with Crippen molar-refractivity contribution >= 4 is 10.0 Å². The molecule has 2 rings (SSSR count). The number of hydrogen-bond donors (Lipinski definition) is 1. The molecule has 0 atom stereocenters. The highest BCUT2D eigenvalue weighted by Gasteiger charge is 2.15. The van der Waals surface area contributed by atoms with Gasteiger partial charge in [-0.1, -0.05) is 30.3 Å². The molecule has 0 unspecified atom stereocenters. The van der Waals surface area contributed by atoms with Gasteiger partial charge in [0.2, 0.25) is 10.0 Å². The first kappa shape index (κ1) is 14.2. The molecule has 0 saturated heterocycles. The molecule has 102 valence electrons. The summed E-state index contributed by atoms with van der Waals surface area (Å²) in [5, 5.41) is 8.71. The fourth-order valence-corrected chi connectivity index (χ4v) is 2.66. The molecule has 0 radical (unpaired) electrons. The third-order valence-electron chi connectivity index (χ3n) is 2.68. The van der Waals surface area contributed by atoms with Crippen LogP contribution in [0.25, 0.3) is 0 Å². The summed E-state index contributed by atoms with van der Waals surface area (Å²) < 4.78 is 39.7. The molecule has 0 aliphatic rings. The summed E-state index contributed by atoms with van der Waals surface area (Å²) in [7, 11) is -3.78. The first-order valence-corrected chi connectivity index (χ1v) is 7.24. The van der Waals surface area contributed by atoms with E-state index in [0.717, 1.165) is 23.8 Å². The zero-order valence-electron chi connectivity index (χ0n) is 10.4. The molecular formula is C14H11FN2O2S. The van der Waals surface area contributed by atoms with E-state index < -0.39 is 15.8 Å². The minimum atomic E-state index is -3.78. The minimum absolute atomic E-state index is 0.127. The van der Waals surface area contributed by atoms with Gasteiger partial charge in [0, 0.05) is 6.54 Å². The van der Waals surface area contributed by atoms with Crippen molar-refractivity contribution in [1.29, 1.82) is 5.26 Å². The third kappa shape index (κ3) is 3.20. The zero-order chi connectivity index (χ0) is 14.6. The minimum Gasteiger partial charge on any atom is -0.207 e. The molecule has 0 spiro atoms. The van der Waals surface area contributed by atoms with Gasteiger partial charge < -0.3 is 0 Å². The highest BCUT2D eigenvalue weighted by molar-refractivity contribution is 7.89. The van der Waals surface area contributed by atoms with Crippen LogP contribution in [0.3, 0.4) is 0 Å². The third-order valence-corrected chi connectivity index (χ3v) is 4.08. The number of nitrogens with one attached hydrogen (secondary N) is 1. The normalized spacial score (nSPS) is 11.0. The lowest BCUT2D eigenvalue weighted by Crippen LogP contribution is -2.23. The number of benzene rings is 2. The van der Waals surface area contributed by atoms with Crippen LogP contribution in [0.4, 0.5) is 4.39 Å². The summed E-state index contributed by atoms with van der Waals surface area (Å²) in [6.45, 7) is 0.127. The van der Waals surface area contributed by atoms with Gasteiger partial charge in [0.15, 0.2) is 0 Å². The number of nitriles is 1. The Morgan fingerprint density at radius 1 is 1.15 bits per heavy atom. The van der Waals surface area contributed by atoms with Crippen molar-refractivity contribution in [1.82, 2.24) is 4.72 Å². The molecule has 0 aromatic heterocycles. The molecule has 0 heterocycles. The number of halogens is 1. The molecule has 0 fully saturated rings. The average molecular weight is 290 g/mol. The lowest BCUT2D eigenvalue weighted by molar-refractivity contribution is 0.580. The highest BCUT2D eigenvalue weighted by atomic mass is 32.2. The Bertz CT molecular complexity index is 752. The van der Waals surface area contributed by atoms with E-state index in [4.69, 9.17) is 5.26 Å². The van der Waals surface area contributed by atoms with Crippen LogP contribution < -0.4 is 4.72 Å². The molecule has 0 saturated carbocycles. The van der Waals surface area contributed by atoms with Crippen molar-refractivity contribution in [3.05, 3.63) is 65.5 Å². The van der Waals surface area contributed by atoms with Crippen LogP contribution in [-0.2, 0) is 16.6 Å². The van der Waals surface area contributed by atoms with Gasteiger partial charge in [-0.25, -0.2) is 17.5 Å². The lowest BCUT2D eigenvalue weighted by Gasteiger charge is -2.07. The van der Waals surface area contributed by atoms with Gasteiger partial charge in [0.05, 0.1) is 10.5 Å². The number of rotatable bonds is 4. The summed E-state index contributed by atoms with van der Waals surface area (Å²) in [4.78, 5) is -0.133. The van der Waals surface area contributed by atoms with E-state index in [1.807, 2.05) is 6.07 Å². The smallest absolute Gasteiger partial charge is 0.207 e. The molecule has 20 heavy (non-hydrogen) atoms. The van der Waals surface area contributed by atoms with Gasteiger partial charge in [-0.2, -0.15) is 5.26 Å². The van der Waals surface area contributed by atoms with Crippen molar-refractivity contribution in [2.24, 2.45) is 0 Å². The predicted molar refractivity (Wildman–Crippen MR) is 71.6 cm³/mol. The van der Waals surface area contributed by atoms with Gasteiger partial charge in [0.25, 0.3) is 0 Å². The second kappa shape index (κ2) is 5.82. The van der Waals surface area contributed by atoms with E-state index in [-0.39, 0.29) is 17.0 Å². The van der Waals surface area contributed by atoms with E-state index in [2.05, 4.69) is 4.72 Å². The summed E-state index contributed by atoms with van der Waals surface area (Å²) in [5.41, 5.74) is 0.506. The fourth-order valence-electron chi connectivity index (χ4n) is 1.61. The number of hydrogen-bond acceptors (Lipinski definition) is 3. The Hall–Kier alpha value is -2.23. The monoisotopic (exact) mass is 290 g/mol. The molecule has 2 aromatic carbocycles. The second-order valence-corrected chi connectivity index (χ2v) is 5.83. The van der Waals surface area contributed by atoms with Crippen LogP contribution >= 0.6 is 0 Å². The zero-order valence-corrected chi connectivity index (χ0v) is 11.2. The maximum atomic E-state index is 13.2. The predicted octanol–water partition coefficient (Wildman–Crippen LogP) is 2.18. The summed E-state index contributed by atoms with van der Waals surface area (Å²) in [5.74, 6) is -0.741. The summed E-state index contributed by atoms with van der Waals surface area (Å²) in [6.07, 6.45) is 0. The highest BCUT2D eigenvalue weighted by Crippen LogP contribution is 2.14. The fraction of sp³-hybridized carbons (Fsp3) is 0.0714. The maximum Gasteiger partial charge on any atom is 0.240 e. The molecule has 0 bridgehead atoms. The van der Waals surface area contributed by atoms with Crippen molar-refractivity contribution in [3.8, 4) is 6.07 Å². The first-order valence-electron chi connectivity index (χ1n) is 5.76. The van der Waals surface area contributed by atoms with Crippen LogP contribution in [0.2, 0.25) is 0 Å². The molecule has 6 heteroatoms. The van der Waals surface area contributed by atoms with Gasteiger partial charge in [-0.15, -0.1) is 0 Å². The Kier molecular flexibility index (Phi) is 4.13. The van der Waals surface area contributed by atoms with Crippen molar-refractivity contribution in [2.45, 2.75) is 11.4 Å². The second-order valence-electron chi connectivity index (χ2n) is 4.06. The Morgan fingerprint density at radius 3 is 2.50 bits per heavy atom. The molecule has 0 amide bonds. The lowest BCUT2D eigenvalue weighted by atomic mass is 10.2. The average Bonchev–Trinajstić information content (AvgIpc) is 2.46. The van der Waals surface area contributed by atoms with Crippen LogP contribution in [-0.4, -0.2) is 8.42 Å². The topological polar surface area (TPSA) is 70.0 Å². The van der Waals surface area contributed by atoms with Crippen LogP contribution in [0.5, 0.6) is 0 Å². The Balaban J connectivity index is 2.21. The maximum absolute atomic E-state index is 13.2. The number of nitrogens with zero attached hydrogens (tertiary/aromatic N) is 1. The molecule has 0 aliphatic heterocycles. The molecule has 1 N–H and O–H groups in total. The van der Waals surface area contributed by atoms with E-state index in [1.165, 1.54) is 0 Å². The Labute approximate surface area is 116 Å². The van der Waals surface area contributed by atoms with Crippen LogP contribution in [0.1, 0.15) is 11.1 Å². The number of sulfonamides is 1. The first-order chi connectivity index (χ1) is 9.53. The molecule has 4 nitrogen and oxygen atoms in total. The van der Waals surface area contributed by atoms with Crippen molar-refractivity contribution in [2.75, 3.05) is 0 Å². The summed E-state index contributed by atoms with van der Waals surface area (Å²) in [6, 6.07) is 13.7. The van der Waals surface area contributed by atoms with Gasteiger partial charge in [-0.05, 0) is 23.8 Å². The van der Waals surface area contributed by atoms with Crippen LogP contribution in [0.15, 0.2) is 53.4 Å². The van der Waals surface area contributed by atoms with Crippen molar-refractivity contribution in [3.63, 3.8) is 0 Å². The van der Waals surface area contributed by atoms with E-state index in [0.29, 0.717) is 0 Å².